The molecule has 1 aromatic carbocycles. The molecule has 1 aromatic heterocycles. The van der Waals surface area contributed by atoms with E-state index in [1.807, 2.05) is 19.1 Å². The zero-order valence-corrected chi connectivity index (χ0v) is 15.6. The van der Waals surface area contributed by atoms with Gasteiger partial charge in [0.25, 0.3) is 11.1 Å². The summed E-state index contributed by atoms with van der Waals surface area (Å²) < 4.78 is 15.3. The quantitative estimate of drug-likeness (QED) is 0.552. The fraction of sp³-hybridized carbons (Fsp3) is 0.211. The van der Waals surface area contributed by atoms with E-state index in [1.54, 1.807) is 18.2 Å². The van der Waals surface area contributed by atoms with E-state index in [2.05, 4.69) is 4.74 Å². The van der Waals surface area contributed by atoms with Gasteiger partial charge < -0.3 is 13.9 Å². The fourth-order valence-corrected chi connectivity index (χ4v) is 3.28. The average molecular weight is 387 g/mol. The third-order valence-electron chi connectivity index (χ3n) is 3.72. The summed E-state index contributed by atoms with van der Waals surface area (Å²) in [5.74, 6) is 0.0482. The molecule has 27 heavy (non-hydrogen) atoms. The number of benzene rings is 1. The highest BCUT2D eigenvalue weighted by Gasteiger charge is 2.35. The predicted molar refractivity (Wildman–Crippen MR) is 99.2 cm³/mol. The summed E-state index contributed by atoms with van der Waals surface area (Å²) in [5.41, 5.74) is 0.787. The number of amides is 2. The SMILES string of the molecule is CCOc1ccc(/C=C2/SC(=O)N(Cc3ccc(C(=O)OC)o3)C2=O)cc1. The lowest BCUT2D eigenvalue weighted by Crippen LogP contribution is -2.27. The Balaban J connectivity index is 1.72. The molecule has 7 nitrogen and oxygen atoms in total. The molecule has 0 saturated carbocycles. The van der Waals surface area contributed by atoms with Crippen LogP contribution in [0.3, 0.4) is 0 Å². The Morgan fingerprint density at radius 1 is 1.19 bits per heavy atom. The highest BCUT2D eigenvalue weighted by atomic mass is 32.2. The van der Waals surface area contributed by atoms with Gasteiger partial charge in [-0.1, -0.05) is 12.1 Å². The van der Waals surface area contributed by atoms with Gasteiger partial charge in [-0.2, -0.15) is 0 Å². The lowest BCUT2D eigenvalue weighted by Gasteiger charge is -2.09. The first-order valence-electron chi connectivity index (χ1n) is 8.17. The number of hydrogen-bond donors (Lipinski definition) is 0. The number of rotatable bonds is 6. The van der Waals surface area contributed by atoms with Crippen LogP contribution in [0.15, 0.2) is 45.7 Å². The number of thioether (sulfide) groups is 1. The van der Waals surface area contributed by atoms with E-state index >= 15 is 0 Å². The molecule has 1 aliphatic heterocycles. The Labute approximate surface area is 159 Å². The van der Waals surface area contributed by atoms with Crippen LogP contribution in [-0.4, -0.2) is 35.7 Å². The molecule has 0 spiro atoms. The van der Waals surface area contributed by atoms with Gasteiger partial charge in [-0.3, -0.25) is 14.5 Å². The van der Waals surface area contributed by atoms with Crippen molar-refractivity contribution >= 4 is 35.0 Å². The van der Waals surface area contributed by atoms with E-state index in [-0.39, 0.29) is 12.3 Å². The number of nitrogens with zero attached hydrogens (tertiary/aromatic N) is 1. The Morgan fingerprint density at radius 2 is 1.93 bits per heavy atom. The molecule has 1 saturated heterocycles. The highest BCUT2D eigenvalue weighted by molar-refractivity contribution is 8.18. The molecular weight excluding hydrogens is 370 g/mol. The average Bonchev–Trinajstić information content (AvgIpc) is 3.24. The molecule has 0 radical (unpaired) electrons. The van der Waals surface area contributed by atoms with Crippen molar-refractivity contribution in [3.63, 3.8) is 0 Å². The van der Waals surface area contributed by atoms with Crippen molar-refractivity contribution in [2.75, 3.05) is 13.7 Å². The second-order valence-electron chi connectivity index (χ2n) is 5.53. The second-order valence-corrected chi connectivity index (χ2v) is 6.52. The van der Waals surface area contributed by atoms with Crippen LogP contribution in [-0.2, 0) is 16.1 Å². The third-order valence-corrected chi connectivity index (χ3v) is 4.63. The molecule has 3 rings (SSSR count). The lowest BCUT2D eigenvalue weighted by molar-refractivity contribution is -0.123. The van der Waals surface area contributed by atoms with Gasteiger partial charge in [0.1, 0.15) is 11.5 Å². The summed E-state index contributed by atoms with van der Waals surface area (Å²) in [6.45, 7) is 2.42. The lowest BCUT2D eigenvalue weighted by atomic mass is 10.2. The van der Waals surface area contributed by atoms with Crippen LogP contribution >= 0.6 is 11.8 Å². The zero-order valence-electron chi connectivity index (χ0n) is 14.8. The van der Waals surface area contributed by atoms with Gasteiger partial charge in [-0.15, -0.1) is 0 Å². The molecule has 2 aromatic rings. The van der Waals surface area contributed by atoms with Crippen molar-refractivity contribution < 1.29 is 28.3 Å². The molecule has 0 bridgehead atoms. The minimum absolute atomic E-state index is 0.0180. The number of ether oxygens (including phenoxy) is 2. The predicted octanol–water partition coefficient (Wildman–Crippen LogP) is 3.70. The number of carbonyl (C=O) groups excluding carboxylic acids is 3. The van der Waals surface area contributed by atoms with Crippen molar-refractivity contribution in [3.05, 3.63) is 58.4 Å². The third kappa shape index (κ3) is 4.22. The number of furan rings is 1. The molecule has 1 aliphatic rings. The molecule has 140 valence electrons. The molecule has 8 heteroatoms. The number of esters is 1. The van der Waals surface area contributed by atoms with Gasteiger partial charge in [0.05, 0.1) is 25.2 Å². The minimum Gasteiger partial charge on any atom is -0.494 e. The van der Waals surface area contributed by atoms with Crippen LogP contribution < -0.4 is 4.74 Å². The molecular formula is C19H17NO6S. The maximum Gasteiger partial charge on any atom is 0.373 e. The summed E-state index contributed by atoms with van der Waals surface area (Å²) >= 11 is 0.862. The highest BCUT2D eigenvalue weighted by Crippen LogP contribution is 2.33. The van der Waals surface area contributed by atoms with Gasteiger partial charge in [-0.25, -0.2) is 4.79 Å². The van der Waals surface area contributed by atoms with Crippen LogP contribution in [0.4, 0.5) is 4.79 Å². The smallest absolute Gasteiger partial charge is 0.373 e. The first-order valence-corrected chi connectivity index (χ1v) is 8.98. The van der Waals surface area contributed by atoms with Crippen molar-refractivity contribution in [3.8, 4) is 5.75 Å². The monoisotopic (exact) mass is 387 g/mol. The summed E-state index contributed by atoms with van der Waals surface area (Å²) in [6, 6.07) is 10.2. The van der Waals surface area contributed by atoms with Crippen LogP contribution in [0, 0.1) is 0 Å². The Hall–Kier alpha value is -3.00. The Bertz CT molecular complexity index is 899. The summed E-state index contributed by atoms with van der Waals surface area (Å²) in [6.07, 6.45) is 1.66. The summed E-state index contributed by atoms with van der Waals surface area (Å²) in [5, 5.41) is -0.395. The van der Waals surface area contributed by atoms with E-state index in [4.69, 9.17) is 9.15 Å². The first kappa shape index (κ1) is 18.8. The Kier molecular flexibility index (Phi) is 5.66. The van der Waals surface area contributed by atoms with Crippen LogP contribution in [0.2, 0.25) is 0 Å². The van der Waals surface area contributed by atoms with Crippen LogP contribution in [0.1, 0.15) is 28.8 Å². The van der Waals surface area contributed by atoms with Crippen LogP contribution in [0.25, 0.3) is 6.08 Å². The molecule has 0 aliphatic carbocycles. The molecule has 2 heterocycles. The molecule has 0 unspecified atom stereocenters. The van der Waals surface area contributed by atoms with Crippen molar-refractivity contribution in [1.29, 1.82) is 0 Å². The molecule has 0 atom stereocenters. The number of imide groups is 1. The van der Waals surface area contributed by atoms with E-state index < -0.39 is 17.1 Å². The first-order chi connectivity index (χ1) is 13.0. The van der Waals surface area contributed by atoms with E-state index in [0.29, 0.717) is 17.3 Å². The maximum atomic E-state index is 12.5. The van der Waals surface area contributed by atoms with E-state index in [0.717, 1.165) is 28.0 Å². The van der Waals surface area contributed by atoms with Crippen LogP contribution in [0.5, 0.6) is 5.75 Å². The Morgan fingerprint density at radius 3 is 2.59 bits per heavy atom. The van der Waals surface area contributed by atoms with Gasteiger partial charge in [0.15, 0.2) is 0 Å². The van der Waals surface area contributed by atoms with Gasteiger partial charge in [0.2, 0.25) is 5.76 Å². The molecule has 2 amide bonds. The number of hydrogen-bond acceptors (Lipinski definition) is 7. The van der Waals surface area contributed by atoms with Gasteiger partial charge in [-0.05, 0) is 54.6 Å². The summed E-state index contributed by atoms with van der Waals surface area (Å²) in [7, 11) is 1.24. The van der Waals surface area contributed by atoms with Crippen molar-refractivity contribution in [1.82, 2.24) is 4.90 Å². The summed E-state index contributed by atoms with van der Waals surface area (Å²) in [4.78, 5) is 37.6. The second kappa shape index (κ2) is 8.13. The van der Waals surface area contributed by atoms with Gasteiger partial charge >= 0.3 is 5.97 Å². The standard InChI is InChI=1S/C19H17NO6S/c1-3-25-13-6-4-12(5-7-13)10-16-17(21)20(19(23)27-16)11-14-8-9-15(26-14)18(22)24-2/h4-10H,3,11H2,1-2H3/b16-10+. The number of carbonyl (C=O) groups is 3. The zero-order chi connectivity index (χ0) is 19.4. The van der Waals surface area contributed by atoms with E-state index in [9.17, 15) is 14.4 Å². The van der Waals surface area contributed by atoms with Gasteiger partial charge in [0, 0.05) is 0 Å². The molecule has 0 N–H and O–H groups in total. The van der Waals surface area contributed by atoms with Crippen molar-refractivity contribution in [2.24, 2.45) is 0 Å². The fourth-order valence-electron chi connectivity index (χ4n) is 2.44. The molecule has 1 fully saturated rings. The normalized spacial score (nSPS) is 15.5. The van der Waals surface area contributed by atoms with Crippen molar-refractivity contribution in [2.45, 2.75) is 13.5 Å². The minimum atomic E-state index is -0.620. The maximum absolute atomic E-state index is 12.5. The number of methoxy groups -OCH3 is 1. The van der Waals surface area contributed by atoms with E-state index in [1.165, 1.54) is 19.2 Å². The largest absolute Gasteiger partial charge is 0.494 e. The topological polar surface area (TPSA) is 86.1 Å².